The second-order valence-corrected chi connectivity index (χ2v) is 5.49. The highest BCUT2D eigenvalue weighted by Gasteiger charge is 2.19. The Morgan fingerprint density at radius 2 is 1.74 bits per heavy atom. The fourth-order valence-electron chi connectivity index (χ4n) is 2.54. The lowest BCUT2D eigenvalue weighted by Gasteiger charge is -2.08. The molecule has 0 aliphatic rings. The molecule has 0 N–H and O–H groups in total. The average molecular weight is 310 g/mol. The second kappa shape index (κ2) is 5.79. The third-order valence-electron chi connectivity index (χ3n) is 3.90. The Kier molecular flexibility index (Phi) is 3.82. The van der Waals surface area contributed by atoms with Crippen LogP contribution in [0.3, 0.4) is 0 Å². The summed E-state index contributed by atoms with van der Waals surface area (Å²) in [7, 11) is 1.80. The lowest BCUT2D eigenvalue weighted by molar-refractivity contribution is 0.0465. The van der Waals surface area contributed by atoms with Crippen molar-refractivity contribution in [2.45, 2.75) is 27.4 Å². The number of aryl methyl sites for hydroxylation is 3. The summed E-state index contributed by atoms with van der Waals surface area (Å²) in [6, 6.07) is 7.63. The molecule has 0 aliphatic carbocycles. The minimum atomic E-state index is -0.387. The molecule has 3 aromatic rings. The largest absolute Gasteiger partial charge is 0.455 e. The third-order valence-corrected chi connectivity index (χ3v) is 3.90. The minimum Gasteiger partial charge on any atom is -0.455 e. The number of carbonyl (C=O) groups excluding carboxylic acids is 1. The standard InChI is InChI=1S/C17H18N4O2/c1-10-15(19-14-8-6-5-7-13(14)18-10)9-23-17(22)16-11(2)20-21(4)12(16)3/h5-8H,9H2,1-4H3. The molecular formula is C17H18N4O2. The molecule has 0 saturated carbocycles. The van der Waals surface area contributed by atoms with Crippen LogP contribution in [0, 0.1) is 20.8 Å². The van der Waals surface area contributed by atoms with E-state index >= 15 is 0 Å². The van der Waals surface area contributed by atoms with Gasteiger partial charge in [-0.1, -0.05) is 12.1 Å². The van der Waals surface area contributed by atoms with Gasteiger partial charge in [0.1, 0.15) is 12.2 Å². The Balaban J connectivity index is 1.83. The van der Waals surface area contributed by atoms with E-state index in [-0.39, 0.29) is 12.6 Å². The Morgan fingerprint density at radius 3 is 2.35 bits per heavy atom. The van der Waals surface area contributed by atoms with Gasteiger partial charge in [-0.15, -0.1) is 0 Å². The summed E-state index contributed by atoms with van der Waals surface area (Å²) in [6.07, 6.45) is 0. The molecule has 0 aliphatic heterocycles. The number of carbonyl (C=O) groups is 1. The normalized spacial score (nSPS) is 11.0. The van der Waals surface area contributed by atoms with E-state index in [1.165, 1.54) is 0 Å². The third kappa shape index (κ3) is 2.79. The first-order valence-electron chi connectivity index (χ1n) is 7.37. The lowest BCUT2D eigenvalue weighted by atomic mass is 10.2. The first-order valence-corrected chi connectivity index (χ1v) is 7.37. The molecule has 0 bridgehead atoms. The zero-order valence-electron chi connectivity index (χ0n) is 13.6. The molecule has 3 rings (SSSR count). The van der Waals surface area contributed by atoms with E-state index in [0.29, 0.717) is 17.0 Å². The molecule has 23 heavy (non-hydrogen) atoms. The lowest BCUT2D eigenvalue weighted by Crippen LogP contribution is -2.10. The van der Waals surface area contributed by atoms with Gasteiger partial charge in [-0.3, -0.25) is 4.68 Å². The van der Waals surface area contributed by atoms with E-state index in [1.807, 2.05) is 38.1 Å². The van der Waals surface area contributed by atoms with Crippen molar-refractivity contribution in [1.82, 2.24) is 19.7 Å². The maximum absolute atomic E-state index is 12.3. The van der Waals surface area contributed by atoms with Gasteiger partial charge in [0.2, 0.25) is 0 Å². The van der Waals surface area contributed by atoms with Gasteiger partial charge in [0.05, 0.1) is 28.1 Å². The van der Waals surface area contributed by atoms with Crippen molar-refractivity contribution in [2.75, 3.05) is 0 Å². The molecule has 0 spiro atoms. The summed E-state index contributed by atoms with van der Waals surface area (Å²) in [5.74, 6) is -0.387. The number of fused-ring (bicyclic) bond motifs is 1. The molecule has 0 saturated heterocycles. The number of rotatable bonds is 3. The van der Waals surface area contributed by atoms with Gasteiger partial charge < -0.3 is 4.74 Å². The van der Waals surface area contributed by atoms with Crippen molar-refractivity contribution in [2.24, 2.45) is 7.05 Å². The van der Waals surface area contributed by atoms with Crippen LogP contribution in [0.4, 0.5) is 0 Å². The first kappa shape index (κ1) is 15.1. The van der Waals surface area contributed by atoms with E-state index in [9.17, 15) is 4.79 Å². The van der Waals surface area contributed by atoms with Gasteiger partial charge in [-0.25, -0.2) is 14.8 Å². The van der Waals surface area contributed by atoms with Crippen molar-refractivity contribution in [3.8, 4) is 0 Å². The number of hydrogen-bond acceptors (Lipinski definition) is 5. The molecule has 6 heteroatoms. The number of nitrogens with zero attached hydrogens (tertiary/aromatic N) is 4. The van der Waals surface area contributed by atoms with Crippen LogP contribution in [0.2, 0.25) is 0 Å². The number of esters is 1. The summed E-state index contributed by atoms with van der Waals surface area (Å²) in [5, 5.41) is 4.23. The SMILES string of the molecule is Cc1nc2ccccc2nc1COC(=O)c1c(C)nn(C)c1C. The molecule has 1 aromatic carbocycles. The van der Waals surface area contributed by atoms with Crippen molar-refractivity contribution in [3.63, 3.8) is 0 Å². The molecule has 0 atom stereocenters. The number of benzene rings is 1. The van der Waals surface area contributed by atoms with Gasteiger partial charge in [0.15, 0.2) is 0 Å². The van der Waals surface area contributed by atoms with Crippen LogP contribution in [-0.4, -0.2) is 25.7 Å². The molecule has 0 radical (unpaired) electrons. The van der Waals surface area contributed by atoms with Crippen LogP contribution >= 0.6 is 0 Å². The van der Waals surface area contributed by atoms with Crippen LogP contribution in [0.1, 0.15) is 33.1 Å². The summed E-state index contributed by atoms with van der Waals surface area (Å²) in [5.41, 5.74) is 5.01. The van der Waals surface area contributed by atoms with E-state index < -0.39 is 0 Å². The molecule has 6 nitrogen and oxygen atoms in total. The van der Waals surface area contributed by atoms with E-state index in [2.05, 4.69) is 15.1 Å². The first-order chi connectivity index (χ1) is 11.0. The fraction of sp³-hybridized carbons (Fsp3) is 0.294. The van der Waals surface area contributed by atoms with Crippen LogP contribution in [0.15, 0.2) is 24.3 Å². The quantitative estimate of drug-likeness (QED) is 0.696. The van der Waals surface area contributed by atoms with Crippen molar-refractivity contribution in [3.05, 3.63) is 52.6 Å². The Bertz CT molecular complexity index is 899. The summed E-state index contributed by atoms with van der Waals surface area (Å²) < 4.78 is 7.10. The van der Waals surface area contributed by atoms with Crippen LogP contribution < -0.4 is 0 Å². The molecule has 2 heterocycles. The van der Waals surface area contributed by atoms with Gasteiger partial charge >= 0.3 is 5.97 Å². The highest BCUT2D eigenvalue weighted by atomic mass is 16.5. The topological polar surface area (TPSA) is 69.9 Å². The molecular weight excluding hydrogens is 292 g/mol. The van der Waals surface area contributed by atoms with Gasteiger partial charge in [-0.2, -0.15) is 5.10 Å². The molecule has 0 fully saturated rings. The summed E-state index contributed by atoms with van der Waals surface area (Å²) in [4.78, 5) is 21.3. The smallest absolute Gasteiger partial charge is 0.342 e. The minimum absolute atomic E-state index is 0.0935. The van der Waals surface area contributed by atoms with Gasteiger partial charge in [0.25, 0.3) is 0 Å². The van der Waals surface area contributed by atoms with Gasteiger partial charge in [0, 0.05) is 12.7 Å². The summed E-state index contributed by atoms with van der Waals surface area (Å²) >= 11 is 0. The van der Waals surface area contributed by atoms with E-state index in [1.54, 1.807) is 18.7 Å². The highest BCUT2D eigenvalue weighted by molar-refractivity contribution is 5.91. The van der Waals surface area contributed by atoms with Crippen LogP contribution in [0.5, 0.6) is 0 Å². The zero-order chi connectivity index (χ0) is 16.6. The summed E-state index contributed by atoms with van der Waals surface area (Å²) in [6.45, 7) is 5.60. The fourth-order valence-corrected chi connectivity index (χ4v) is 2.54. The number of para-hydroxylation sites is 2. The van der Waals surface area contributed by atoms with Crippen LogP contribution in [-0.2, 0) is 18.4 Å². The van der Waals surface area contributed by atoms with Crippen molar-refractivity contribution < 1.29 is 9.53 Å². The molecule has 2 aromatic heterocycles. The number of aromatic nitrogens is 4. The molecule has 118 valence electrons. The Labute approximate surface area is 134 Å². The highest BCUT2D eigenvalue weighted by Crippen LogP contribution is 2.16. The molecule has 0 unspecified atom stereocenters. The zero-order valence-corrected chi connectivity index (χ0v) is 13.6. The number of hydrogen-bond donors (Lipinski definition) is 0. The Morgan fingerprint density at radius 1 is 1.09 bits per heavy atom. The maximum atomic E-state index is 12.3. The maximum Gasteiger partial charge on any atom is 0.342 e. The monoisotopic (exact) mass is 310 g/mol. The predicted octanol–water partition coefficient (Wildman–Crippen LogP) is 2.65. The van der Waals surface area contributed by atoms with E-state index in [4.69, 9.17) is 4.74 Å². The van der Waals surface area contributed by atoms with Gasteiger partial charge in [-0.05, 0) is 32.9 Å². The average Bonchev–Trinajstić information content (AvgIpc) is 2.77. The van der Waals surface area contributed by atoms with Crippen LogP contribution in [0.25, 0.3) is 11.0 Å². The van der Waals surface area contributed by atoms with Crippen molar-refractivity contribution in [1.29, 1.82) is 0 Å². The van der Waals surface area contributed by atoms with Crippen molar-refractivity contribution >= 4 is 17.0 Å². The second-order valence-electron chi connectivity index (χ2n) is 5.49. The molecule has 0 amide bonds. The number of ether oxygens (including phenoxy) is 1. The Hall–Kier alpha value is -2.76. The van der Waals surface area contributed by atoms with E-state index in [0.717, 1.165) is 22.4 Å². The predicted molar refractivity (Wildman–Crippen MR) is 86.1 cm³/mol.